The molecule has 120 valence electrons. The number of ketones is 1. The molecule has 0 radical (unpaired) electrons. The summed E-state index contributed by atoms with van der Waals surface area (Å²) in [6, 6.07) is 13.5. The van der Waals surface area contributed by atoms with E-state index in [-0.39, 0.29) is 18.1 Å². The Kier molecular flexibility index (Phi) is 3.54. The summed E-state index contributed by atoms with van der Waals surface area (Å²) in [4.78, 5) is 26.8. The number of Topliss-reactive ketones (excluding diaryl/α,β-unsaturated/α-hetero) is 1. The van der Waals surface area contributed by atoms with E-state index in [0.717, 1.165) is 21.7 Å². The van der Waals surface area contributed by atoms with Crippen LogP contribution < -0.4 is 5.32 Å². The number of nitrogens with zero attached hydrogens (tertiary/aromatic N) is 1. The predicted octanol–water partition coefficient (Wildman–Crippen LogP) is 3.76. The van der Waals surface area contributed by atoms with Crippen LogP contribution in [0.4, 0.5) is 5.82 Å². The molecule has 3 aromatic rings. The zero-order valence-electron chi connectivity index (χ0n) is 13.0. The van der Waals surface area contributed by atoms with Gasteiger partial charge in [0, 0.05) is 16.9 Å². The molecular weight excluding hydrogens is 322 g/mol. The first kappa shape index (κ1) is 14.8. The number of fused-ring (bicyclic) bond motifs is 1. The molecule has 2 N–H and O–H groups in total. The van der Waals surface area contributed by atoms with Crippen LogP contribution in [0.25, 0.3) is 11.3 Å². The topological polar surface area (TPSA) is 74.8 Å². The van der Waals surface area contributed by atoms with Gasteiger partial charge in [0.15, 0.2) is 11.6 Å². The molecule has 1 amide bonds. The molecule has 24 heavy (non-hydrogen) atoms. The summed E-state index contributed by atoms with van der Waals surface area (Å²) in [6.07, 6.45) is 0.141. The van der Waals surface area contributed by atoms with Crippen molar-refractivity contribution in [2.24, 2.45) is 0 Å². The van der Waals surface area contributed by atoms with E-state index in [9.17, 15) is 9.59 Å². The summed E-state index contributed by atoms with van der Waals surface area (Å²) in [5.41, 5.74) is 2.51. The van der Waals surface area contributed by atoms with Crippen LogP contribution in [0, 0.1) is 6.92 Å². The van der Waals surface area contributed by atoms with E-state index in [1.165, 1.54) is 11.3 Å². The first-order valence-corrected chi connectivity index (χ1v) is 8.49. The summed E-state index contributed by atoms with van der Waals surface area (Å²) >= 11 is 1.46. The molecule has 0 aliphatic carbocycles. The molecule has 4 rings (SSSR count). The molecule has 0 saturated heterocycles. The molecule has 1 aromatic carbocycles. The fraction of sp³-hybridized carbons (Fsp3) is 0.167. The van der Waals surface area contributed by atoms with Gasteiger partial charge in [0.2, 0.25) is 5.91 Å². The van der Waals surface area contributed by atoms with Crippen molar-refractivity contribution in [3.63, 3.8) is 0 Å². The number of H-pyrrole nitrogens is 1. The van der Waals surface area contributed by atoms with Gasteiger partial charge < -0.3 is 5.32 Å². The monoisotopic (exact) mass is 337 g/mol. The van der Waals surface area contributed by atoms with E-state index >= 15 is 0 Å². The second-order valence-electron chi connectivity index (χ2n) is 5.81. The minimum atomic E-state index is -0.513. The number of aryl methyl sites for hydroxylation is 1. The van der Waals surface area contributed by atoms with Crippen molar-refractivity contribution in [3.05, 3.63) is 57.8 Å². The van der Waals surface area contributed by atoms with E-state index < -0.39 is 5.92 Å². The molecule has 0 fully saturated rings. The van der Waals surface area contributed by atoms with Crippen LogP contribution in [0.5, 0.6) is 0 Å². The van der Waals surface area contributed by atoms with E-state index in [1.807, 2.05) is 49.4 Å². The van der Waals surface area contributed by atoms with Gasteiger partial charge in [0.1, 0.15) is 0 Å². The van der Waals surface area contributed by atoms with Crippen molar-refractivity contribution in [1.29, 1.82) is 0 Å². The smallest absolute Gasteiger partial charge is 0.226 e. The van der Waals surface area contributed by atoms with E-state index in [2.05, 4.69) is 15.5 Å². The Hall–Kier alpha value is -2.73. The SMILES string of the molecule is Cc1ccc(C(=O)C2CC(=O)Nc3n[nH]c(-c4ccccc4)c32)s1. The maximum Gasteiger partial charge on any atom is 0.226 e. The molecule has 0 bridgehead atoms. The number of hydrogen-bond acceptors (Lipinski definition) is 4. The average molecular weight is 337 g/mol. The molecule has 6 heteroatoms. The number of anilines is 1. The molecule has 3 heterocycles. The van der Waals surface area contributed by atoms with E-state index in [0.29, 0.717) is 10.7 Å². The number of rotatable bonds is 3. The van der Waals surface area contributed by atoms with Crippen molar-refractivity contribution >= 4 is 28.8 Å². The Morgan fingerprint density at radius 2 is 2.00 bits per heavy atom. The van der Waals surface area contributed by atoms with Gasteiger partial charge in [-0.1, -0.05) is 30.3 Å². The quantitative estimate of drug-likeness (QED) is 0.715. The van der Waals surface area contributed by atoms with Gasteiger partial charge in [0.05, 0.1) is 16.5 Å². The Morgan fingerprint density at radius 3 is 2.71 bits per heavy atom. The van der Waals surface area contributed by atoms with Crippen molar-refractivity contribution in [2.75, 3.05) is 5.32 Å². The van der Waals surface area contributed by atoms with Crippen LogP contribution in [0.1, 0.15) is 32.5 Å². The predicted molar refractivity (Wildman–Crippen MR) is 93.4 cm³/mol. The first-order valence-electron chi connectivity index (χ1n) is 7.67. The molecule has 1 aliphatic rings. The van der Waals surface area contributed by atoms with Crippen LogP contribution in [0.15, 0.2) is 42.5 Å². The highest BCUT2D eigenvalue weighted by molar-refractivity contribution is 7.14. The largest absolute Gasteiger partial charge is 0.309 e. The van der Waals surface area contributed by atoms with Crippen molar-refractivity contribution in [2.45, 2.75) is 19.3 Å². The Bertz CT molecular complexity index is 927. The highest BCUT2D eigenvalue weighted by Crippen LogP contribution is 2.40. The molecule has 1 atom stereocenters. The zero-order chi connectivity index (χ0) is 16.7. The summed E-state index contributed by atoms with van der Waals surface area (Å²) in [7, 11) is 0. The summed E-state index contributed by atoms with van der Waals surface area (Å²) < 4.78 is 0. The van der Waals surface area contributed by atoms with Gasteiger partial charge in [-0.15, -0.1) is 11.3 Å². The second-order valence-corrected chi connectivity index (χ2v) is 7.09. The van der Waals surface area contributed by atoms with Crippen LogP contribution in [0.2, 0.25) is 0 Å². The van der Waals surface area contributed by atoms with Gasteiger partial charge in [-0.2, -0.15) is 5.10 Å². The Balaban J connectivity index is 1.82. The number of nitrogens with one attached hydrogen (secondary N) is 2. The third-order valence-electron chi connectivity index (χ3n) is 4.16. The van der Waals surface area contributed by atoms with Crippen LogP contribution in [0.3, 0.4) is 0 Å². The number of hydrogen-bond donors (Lipinski definition) is 2. The molecule has 5 nitrogen and oxygen atoms in total. The van der Waals surface area contributed by atoms with Crippen molar-refractivity contribution < 1.29 is 9.59 Å². The lowest BCUT2D eigenvalue weighted by Crippen LogP contribution is -2.27. The summed E-state index contributed by atoms with van der Waals surface area (Å²) in [6.45, 7) is 1.97. The third-order valence-corrected chi connectivity index (χ3v) is 5.18. The highest BCUT2D eigenvalue weighted by atomic mass is 32.1. The van der Waals surface area contributed by atoms with Crippen LogP contribution >= 0.6 is 11.3 Å². The molecule has 2 aromatic heterocycles. The molecule has 0 spiro atoms. The van der Waals surface area contributed by atoms with Gasteiger partial charge in [0.25, 0.3) is 0 Å². The number of carbonyl (C=O) groups excluding carboxylic acids is 2. The number of aromatic amines is 1. The van der Waals surface area contributed by atoms with Crippen molar-refractivity contribution in [1.82, 2.24) is 10.2 Å². The molecule has 1 unspecified atom stereocenters. The normalized spacial score (nSPS) is 16.5. The average Bonchev–Trinajstić information content (AvgIpc) is 3.20. The Labute approximate surface area is 142 Å². The van der Waals surface area contributed by atoms with E-state index in [1.54, 1.807) is 0 Å². The number of aromatic nitrogens is 2. The van der Waals surface area contributed by atoms with Gasteiger partial charge in [-0.25, -0.2) is 0 Å². The Morgan fingerprint density at radius 1 is 1.21 bits per heavy atom. The summed E-state index contributed by atoms with van der Waals surface area (Å²) in [5.74, 6) is -0.263. The minimum Gasteiger partial charge on any atom is -0.309 e. The van der Waals surface area contributed by atoms with Gasteiger partial charge >= 0.3 is 0 Å². The maximum atomic E-state index is 13.0. The third kappa shape index (κ3) is 2.45. The fourth-order valence-electron chi connectivity index (χ4n) is 3.04. The lowest BCUT2D eigenvalue weighted by atomic mass is 9.86. The van der Waals surface area contributed by atoms with Crippen LogP contribution in [-0.4, -0.2) is 21.9 Å². The summed E-state index contributed by atoms with van der Waals surface area (Å²) in [5, 5.41) is 9.95. The maximum absolute atomic E-state index is 13.0. The number of thiophene rings is 1. The van der Waals surface area contributed by atoms with Crippen molar-refractivity contribution in [3.8, 4) is 11.3 Å². The van der Waals surface area contributed by atoms with Crippen LogP contribution in [-0.2, 0) is 4.79 Å². The highest BCUT2D eigenvalue weighted by Gasteiger charge is 2.36. The first-order chi connectivity index (χ1) is 11.6. The minimum absolute atomic E-state index is 0.0252. The van der Waals surface area contributed by atoms with Gasteiger partial charge in [-0.05, 0) is 24.6 Å². The van der Waals surface area contributed by atoms with E-state index in [4.69, 9.17) is 0 Å². The number of benzene rings is 1. The standard InChI is InChI=1S/C18H15N3O2S/c1-10-7-8-13(24-10)17(23)12-9-14(22)19-18-15(12)16(20-21-18)11-5-3-2-4-6-11/h2-8,12H,9H2,1H3,(H2,19,20,21,22). The molecule has 0 saturated carbocycles. The molecule has 1 aliphatic heterocycles. The fourth-order valence-corrected chi connectivity index (χ4v) is 3.90. The second kappa shape index (κ2) is 5.72. The molecular formula is C18H15N3O2S. The van der Waals surface area contributed by atoms with Gasteiger partial charge in [-0.3, -0.25) is 14.7 Å². The lowest BCUT2D eigenvalue weighted by molar-refractivity contribution is -0.116. The zero-order valence-corrected chi connectivity index (χ0v) is 13.8. The number of carbonyl (C=O) groups is 2. The lowest BCUT2D eigenvalue weighted by Gasteiger charge is -2.21. The number of amides is 1.